The van der Waals surface area contributed by atoms with E-state index in [2.05, 4.69) is 34.1 Å². The molecule has 1 fully saturated rings. The van der Waals surface area contributed by atoms with Crippen molar-refractivity contribution in [1.29, 1.82) is 0 Å². The monoisotopic (exact) mass is 208 g/mol. The van der Waals surface area contributed by atoms with E-state index < -0.39 is 0 Å². The molecular weight excluding hydrogens is 200 g/mol. The lowest BCUT2D eigenvalue weighted by Crippen LogP contribution is -1.86. The van der Waals surface area contributed by atoms with Gasteiger partial charge in [-0.1, -0.05) is 28.1 Å². The average molecular weight is 209 g/mol. The van der Waals surface area contributed by atoms with Crippen LogP contribution in [0.3, 0.4) is 0 Å². The molecule has 2 atom stereocenters. The molecule has 1 saturated carbocycles. The van der Waals surface area contributed by atoms with Crippen molar-refractivity contribution in [3.8, 4) is 0 Å². The van der Waals surface area contributed by atoms with Crippen LogP contribution < -0.4 is 0 Å². The van der Waals surface area contributed by atoms with Gasteiger partial charge in [0.15, 0.2) is 0 Å². The first-order valence-electron chi connectivity index (χ1n) is 4.13. The number of hydrogen-bond acceptors (Lipinski definition) is 0. The van der Waals surface area contributed by atoms with Gasteiger partial charge in [-0.3, -0.25) is 0 Å². The molecule has 2 aliphatic carbocycles. The van der Waals surface area contributed by atoms with Gasteiger partial charge in [0.05, 0.1) is 0 Å². The third kappa shape index (κ3) is 0.750. The predicted molar refractivity (Wildman–Crippen MR) is 48.7 cm³/mol. The van der Waals surface area contributed by atoms with E-state index in [9.17, 15) is 0 Å². The van der Waals surface area contributed by atoms with Crippen molar-refractivity contribution in [1.82, 2.24) is 0 Å². The van der Waals surface area contributed by atoms with E-state index in [0.717, 1.165) is 11.8 Å². The van der Waals surface area contributed by atoms with Gasteiger partial charge in [-0.05, 0) is 41.9 Å². The zero-order chi connectivity index (χ0) is 7.42. The lowest BCUT2D eigenvalue weighted by atomic mass is 10.1. The number of benzene rings is 1. The molecule has 11 heavy (non-hydrogen) atoms. The van der Waals surface area contributed by atoms with Crippen LogP contribution in [0.15, 0.2) is 22.7 Å². The lowest BCUT2D eigenvalue weighted by Gasteiger charge is -2.03. The summed E-state index contributed by atoms with van der Waals surface area (Å²) < 4.78 is 1.32. The summed E-state index contributed by atoms with van der Waals surface area (Å²) in [6.45, 7) is 0. The van der Waals surface area contributed by atoms with Crippen LogP contribution in [0.25, 0.3) is 0 Å². The van der Waals surface area contributed by atoms with Crippen molar-refractivity contribution in [2.75, 3.05) is 0 Å². The second-order valence-electron chi connectivity index (χ2n) is 3.61. The topological polar surface area (TPSA) is 0 Å². The van der Waals surface area contributed by atoms with E-state index in [1.807, 2.05) is 0 Å². The summed E-state index contributed by atoms with van der Waals surface area (Å²) in [6, 6.07) is 6.60. The molecule has 0 aromatic heterocycles. The lowest BCUT2D eigenvalue weighted by molar-refractivity contribution is 0.854. The molecule has 1 heteroatoms. The molecule has 0 saturated heterocycles. The zero-order valence-corrected chi connectivity index (χ0v) is 7.76. The fourth-order valence-corrected chi connectivity index (χ4v) is 2.80. The smallest absolute Gasteiger partial charge is 0.0210 e. The van der Waals surface area contributed by atoms with Crippen molar-refractivity contribution in [2.24, 2.45) is 5.92 Å². The highest BCUT2D eigenvalue weighted by atomic mass is 79.9. The Bertz CT molecular complexity index is 317. The van der Waals surface area contributed by atoms with Crippen molar-refractivity contribution in [3.05, 3.63) is 33.8 Å². The summed E-state index contributed by atoms with van der Waals surface area (Å²) in [7, 11) is 0. The summed E-state index contributed by atoms with van der Waals surface area (Å²) in [4.78, 5) is 0. The van der Waals surface area contributed by atoms with Crippen LogP contribution in [0.5, 0.6) is 0 Å². The van der Waals surface area contributed by atoms with Crippen LogP contribution in [-0.2, 0) is 6.42 Å². The van der Waals surface area contributed by atoms with Crippen LogP contribution in [0, 0.1) is 5.92 Å². The molecule has 1 aromatic carbocycles. The van der Waals surface area contributed by atoms with Gasteiger partial charge in [0.25, 0.3) is 0 Å². The third-order valence-electron chi connectivity index (χ3n) is 2.94. The molecule has 3 rings (SSSR count). The molecule has 56 valence electrons. The second kappa shape index (κ2) is 1.89. The Morgan fingerprint density at radius 2 is 2.27 bits per heavy atom. The van der Waals surface area contributed by atoms with Gasteiger partial charge in [0.2, 0.25) is 0 Å². The molecule has 0 amide bonds. The van der Waals surface area contributed by atoms with E-state index in [0.29, 0.717) is 0 Å². The maximum absolute atomic E-state index is 3.60. The summed E-state index contributed by atoms with van der Waals surface area (Å²) in [5.41, 5.74) is 3.19. The number of halogens is 1. The molecular formula is C10H9Br. The minimum absolute atomic E-state index is 0.933. The highest BCUT2D eigenvalue weighted by Crippen LogP contribution is 2.57. The van der Waals surface area contributed by atoms with Gasteiger partial charge in [0.1, 0.15) is 0 Å². The molecule has 0 N–H and O–H groups in total. The van der Waals surface area contributed by atoms with E-state index in [-0.39, 0.29) is 0 Å². The first-order valence-corrected chi connectivity index (χ1v) is 4.93. The molecule has 0 spiro atoms. The zero-order valence-electron chi connectivity index (χ0n) is 6.18. The number of rotatable bonds is 0. The van der Waals surface area contributed by atoms with Crippen molar-refractivity contribution in [2.45, 2.75) is 18.8 Å². The van der Waals surface area contributed by atoms with Gasteiger partial charge >= 0.3 is 0 Å². The largest absolute Gasteiger partial charge is 0.0608 e. The first kappa shape index (κ1) is 6.24. The fraction of sp³-hybridized carbons (Fsp3) is 0.400. The molecule has 0 radical (unpaired) electrons. The third-order valence-corrected chi connectivity index (χ3v) is 3.69. The summed E-state index contributed by atoms with van der Waals surface area (Å²) in [6.07, 6.45) is 2.77. The highest BCUT2D eigenvalue weighted by Gasteiger charge is 2.45. The quantitative estimate of drug-likeness (QED) is 0.615. The Morgan fingerprint density at radius 1 is 1.36 bits per heavy atom. The van der Waals surface area contributed by atoms with Gasteiger partial charge in [-0.15, -0.1) is 0 Å². The molecule has 0 nitrogen and oxygen atoms in total. The van der Waals surface area contributed by atoms with E-state index in [1.54, 1.807) is 11.1 Å². The van der Waals surface area contributed by atoms with Crippen LogP contribution in [0.2, 0.25) is 0 Å². The molecule has 2 unspecified atom stereocenters. The van der Waals surface area contributed by atoms with Gasteiger partial charge in [-0.2, -0.15) is 0 Å². The molecule has 0 heterocycles. The summed E-state index contributed by atoms with van der Waals surface area (Å²) in [5, 5.41) is 0. The minimum Gasteiger partial charge on any atom is -0.0608 e. The van der Waals surface area contributed by atoms with Gasteiger partial charge in [0, 0.05) is 4.47 Å². The standard InChI is InChI=1S/C10H9Br/c11-10-3-1-2-7-8-4-6(8)5-9(7)10/h1-3,6,8H,4-5H2. The summed E-state index contributed by atoms with van der Waals surface area (Å²) >= 11 is 3.60. The Morgan fingerprint density at radius 3 is 3.09 bits per heavy atom. The maximum Gasteiger partial charge on any atom is 0.0210 e. The van der Waals surface area contributed by atoms with Crippen LogP contribution in [0.4, 0.5) is 0 Å². The Labute approximate surface area is 74.7 Å². The van der Waals surface area contributed by atoms with Gasteiger partial charge in [-0.25, -0.2) is 0 Å². The minimum atomic E-state index is 0.933. The average Bonchev–Trinajstić information content (AvgIpc) is 2.67. The molecule has 0 aliphatic heterocycles. The second-order valence-corrected chi connectivity index (χ2v) is 4.47. The molecule has 2 aliphatic rings. The van der Waals surface area contributed by atoms with E-state index >= 15 is 0 Å². The maximum atomic E-state index is 3.60. The van der Waals surface area contributed by atoms with Gasteiger partial charge < -0.3 is 0 Å². The van der Waals surface area contributed by atoms with Crippen LogP contribution in [-0.4, -0.2) is 0 Å². The molecule has 1 aromatic rings. The highest BCUT2D eigenvalue weighted by molar-refractivity contribution is 9.10. The van der Waals surface area contributed by atoms with Crippen LogP contribution >= 0.6 is 15.9 Å². The SMILES string of the molecule is Brc1cccc2c1CC1CC21. The number of fused-ring (bicyclic) bond motifs is 3. The first-order chi connectivity index (χ1) is 5.36. The predicted octanol–water partition coefficient (Wildman–Crippen LogP) is 3.11. The summed E-state index contributed by atoms with van der Waals surface area (Å²) in [5.74, 6) is 1.94. The Balaban J connectivity index is 2.24. The van der Waals surface area contributed by atoms with Crippen molar-refractivity contribution in [3.63, 3.8) is 0 Å². The van der Waals surface area contributed by atoms with Crippen molar-refractivity contribution < 1.29 is 0 Å². The van der Waals surface area contributed by atoms with Crippen LogP contribution in [0.1, 0.15) is 23.5 Å². The van der Waals surface area contributed by atoms with E-state index in [1.165, 1.54) is 17.3 Å². The van der Waals surface area contributed by atoms with Crippen molar-refractivity contribution >= 4 is 15.9 Å². The molecule has 0 bridgehead atoms. The Hall–Kier alpha value is -0.300. The van der Waals surface area contributed by atoms with E-state index in [4.69, 9.17) is 0 Å². The fourth-order valence-electron chi connectivity index (χ4n) is 2.25. The normalized spacial score (nSPS) is 31.4. The Kier molecular flexibility index (Phi) is 1.07. The number of hydrogen-bond donors (Lipinski definition) is 0.